The fraction of sp³-hybridized carbons (Fsp3) is 0.900. The molecule has 2 aliphatic heterocycles. The molecule has 3 aliphatic rings. The summed E-state index contributed by atoms with van der Waals surface area (Å²) in [5, 5.41) is 6.85. The van der Waals surface area contributed by atoms with Crippen LogP contribution in [-0.2, 0) is 19.0 Å². The van der Waals surface area contributed by atoms with Crippen LogP contribution in [0.2, 0.25) is 0 Å². The largest absolute Gasteiger partial charge is 0.459 e. The summed E-state index contributed by atoms with van der Waals surface area (Å²) < 4.78 is 16.7. The molecule has 10 nitrogen and oxygen atoms in total. The van der Waals surface area contributed by atoms with Gasteiger partial charge in [0.25, 0.3) is 0 Å². The van der Waals surface area contributed by atoms with Crippen LogP contribution in [0.25, 0.3) is 20.9 Å². The first-order chi connectivity index (χ1) is 9.43. The Kier molecular flexibility index (Phi) is 2.60. The zero-order valence-electron chi connectivity index (χ0n) is 10.8. The molecule has 0 unspecified atom stereocenters. The van der Waals surface area contributed by atoms with E-state index in [2.05, 4.69) is 20.1 Å². The van der Waals surface area contributed by atoms with Crippen LogP contribution < -0.4 is 0 Å². The van der Waals surface area contributed by atoms with Crippen LogP contribution >= 0.6 is 0 Å². The third-order valence-corrected chi connectivity index (χ3v) is 3.88. The molecular weight excluding hydrogens is 268 g/mol. The lowest BCUT2D eigenvalue weighted by molar-refractivity contribution is -0.196. The molecule has 0 N–H and O–H groups in total. The van der Waals surface area contributed by atoms with Gasteiger partial charge < -0.3 is 14.2 Å². The van der Waals surface area contributed by atoms with Gasteiger partial charge in [0, 0.05) is 15.7 Å². The molecule has 0 spiro atoms. The normalized spacial score (nSPS) is 44.0. The molecule has 10 heteroatoms. The van der Waals surface area contributed by atoms with E-state index in [9.17, 15) is 4.79 Å². The molecule has 0 amide bonds. The Hall–Kier alpha value is -1.99. The highest BCUT2D eigenvalue weighted by Gasteiger charge is 2.67. The Labute approximate surface area is 113 Å². The third-order valence-electron chi connectivity index (χ3n) is 3.88. The first-order valence-electron chi connectivity index (χ1n) is 6.13. The molecule has 0 radical (unpaired) electrons. The molecule has 0 aromatic carbocycles. The maximum atomic E-state index is 12.1. The van der Waals surface area contributed by atoms with Gasteiger partial charge in [0.2, 0.25) is 5.66 Å². The maximum Gasteiger partial charge on any atom is 0.324 e. The van der Waals surface area contributed by atoms with Gasteiger partial charge in [-0.1, -0.05) is 10.2 Å². The van der Waals surface area contributed by atoms with E-state index in [1.807, 2.05) is 0 Å². The minimum absolute atomic E-state index is 0.370. The fourth-order valence-corrected chi connectivity index (χ4v) is 3.20. The number of carbonyl (C=O) groups excluding carboxylic acids is 1. The Morgan fingerprint density at radius 3 is 2.40 bits per heavy atom. The van der Waals surface area contributed by atoms with E-state index in [4.69, 9.17) is 25.3 Å². The molecule has 106 valence electrons. The minimum atomic E-state index is -1.94. The number of fused-ring (bicyclic) bond motifs is 5. The predicted molar refractivity (Wildman–Crippen MR) is 62.8 cm³/mol. The zero-order chi connectivity index (χ0) is 14.5. The van der Waals surface area contributed by atoms with Crippen molar-refractivity contribution in [3.05, 3.63) is 20.9 Å². The second-order valence-corrected chi connectivity index (χ2v) is 5.46. The SMILES string of the molecule is CC1(C)O[C@@H]2[C@H](O1)[C@H]1C[C@H]2OC(=O)C1(N=[N+]=[N-])N=[N+]=[N-]. The average molecular weight is 280 g/mol. The molecule has 2 heterocycles. The monoisotopic (exact) mass is 280 g/mol. The van der Waals surface area contributed by atoms with E-state index < -0.39 is 41.6 Å². The summed E-state index contributed by atoms with van der Waals surface area (Å²) >= 11 is 0. The highest BCUT2D eigenvalue weighted by Crippen LogP contribution is 2.52. The van der Waals surface area contributed by atoms with Crippen LogP contribution in [0, 0.1) is 5.92 Å². The van der Waals surface area contributed by atoms with E-state index in [0.717, 1.165) is 0 Å². The molecule has 1 saturated carbocycles. The summed E-state index contributed by atoms with van der Waals surface area (Å²) in [4.78, 5) is 17.3. The van der Waals surface area contributed by atoms with Crippen molar-refractivity contribution in [2.75, 3.05) is 0 Å². The zero-order valence-corrected chi connectivity index (χ0v) is 10.8. The van der Waals surface area contributed by atoms with E-state index >= 15 is 0 Å². The smallest absolute Gasteiger partial charge is 0.324 e. The van der Waals surface area contributed by atoms with Crippen molar-refractivity contribution in [1.29, 1.82) is 0 Å². The van der Waals surface area contributed by atoms with Crippen molar-refractivity contribution in [3.8, 4) is 0 Å². The van der Waals surface area contributed by atoms with Gasteiger partial charge in [-0.25, -0.2) is 0 Å². The standard InChI is InChI=1S/C10H12N6O4/c1-9(2)19-6-4-3-5(7(6)20-9)18-8(17)10(4,13-15-11)14-16-12/h4-7H,3H2,1-2H3/t4-,5-,6-,7+/m1/s1. The lowest BCUT2D eigenvalue weighted by Gasteiger charge is -2.35. The summed E-state index contributed by atoms with van der Waals surface area (Å²) in [6.45, 7) is 3.48. The highest BCUT2D eigenvalue weighted by molar-refractivity contribution is 5.83. The summed E-state index contributed by atoms with van der Waals surface area (Å²) in [5.74, 6) is -2.27. The van der Waals surface area contributed by atoms with Gasteiger partial charge in [-0.05, 0) is 31.3 Å². The average Bonchev–Trinajstić information content (AvgIpc) is 2.81. The van der Waals surface area contributed by atoms with Crippen molar-refractivity contribution in [1.82, 2.24) is 0 Å². The number of ether oxygens (including phenoxy) is 3. The Morgan fingerprint density at radius 1 is 1.20 bits per heavy atom. The molecule has 3 fully saturated rings. The fourth-order valence-electron chi connectivity index (χ4n) is 3.20. The molecule has 4 atom stereocenters. The Balaban J connectivity index is 2.07. The first-order valence-corrected chi connectivity index (χ1v) is 6.13. The highest BCUT2D eigenvalue weighted by atomic mass is 16.8. The van der Waals surface area contributed by atoms with Crippen LogP contribution in [0.5, 0.6) is 0 Å². The summed E-state index contributed by atoms with van der Waals surface area (Å²) in [7, 11) is 0. The molecule has 0 aromatic heterocycles. The first kappa shape index (κ1) is 13.0. The van der Waals surface area contributed by atoms with Crippen LogP contribution in [0.15, 0.2) is 10.2 Å². The molecule has 20 heavy (non-hydrogen) atoms. The van der Waals surface area contributed by atoms with Gasteiger partial charge >= 0.3 is 5.97 Å². The van der Waals surface area contributed by atoms with Crippen molar-refractivity contribution in [3.63, 3.8) is 0 Å². The second-order valence-electron chi connectivity index (χ2n) is 5.46. The number of esters is 1. The molecular formula is C10H12N6O4. The van der Waals surface area contributed by atoms with Gasteiger partial charge in [0.05, 0.1) is 6.10 Å². The Morgan fingerprint density at radius 2 is 1.80 bits per heavy atom. The van der Waals surface area contributed by atoms with E-state index in [-0.39, 0.29) is 0 Å². The van der Waals surface area contributed by atoms with E-state index in [1.54, 1.807) is 13.8 Å². The van der Waals surface area contributed by atoms with Gasteiger partial charge in [0.1, 0.15) is 12.2 Å². The van der Waals surface area contributed by atoms with E-state index in [0.29, 0.717) is 6.42 Å². The summed E-state index contributed by atoms with van der Waals surface area (Å²) in [6, 6.07) is 0. The minimum Gasteiger partial charge on any atom is -0.459 e. The molecule has 3 rings (SSSR count). The topological polar surface area (TPSA) is 142 Å². The number of hydrogen-bond donors (Lipinski definition) is 0. The summed E-state index contributed by atoms with van der Waals surface area (Å²) in [5.41, 5.74) is 15.4. The van der Waals surface area contributed by atoms with Gasteiger partial charge in [-0.15, -0.1) is 0 Å². The van der Waals surface area contributed by atoms with Crippen molar-refractivity contribution < 1.29 is 19.0 Å². The molecule has 0 aromatic rings. The van der Waals surface area contributed by atoms with Crippen LogP contribution in [0.4, 0.5) is 0 Å². The van der Waals surface area contributed by atoms with Gasteiger partial charge in [0.15, 0.2) is 5.79 Å². The number of azide groups is 1. The predicted octanol–water partition coefficient (Wildman–Crippen LogP) is 1.77. The third kappa shape index (κ3) is 1.56. The molecule has 1 aliphatic carbocycles. The maximum absolute atomic E-state index is 12.1. The summed E-state index contributed by atoms with van der Waals surface area (Å²) in [6.07, 6.45) is -1.06. The number of hydrogen-bond acceptors (Lipinski definition) is 6. The van der Waals surface area contributed by atoms with E-state index in [1.165, 1.54) is 0 Å². The molecule has 2 saturated heterocycles. The number of rotatable bonds is 2. The van der Waals surface area contributed by atoms with Crippen LogP contribution in [0.3, 0.4) is 0 Å². The number of carbonyl (C=O) groups is 1. The second kappa shape index (κ2) is 4.00. The van der Waals surface area contributed by atoms with Crippen molar-refractivity contribution in [2.24, 2.45) is 16.1 Å². The van der Waals surface area contributed by atoms with Crippen LogP contribution in [0.1, 0.15) is 20.3 Å². The quantitative estimate of drug-likeness (QED) is 0.328. The lowest BCUT2D eigenvalue weighted by Crippen LogP contribution is -2.50. The van der Waals surface area contributed by atoms with Crippen molar-refractivity contribution in [2.45, 2.75) is 50.0 Å². The van der Waals surface area contributed by atoms with Gasteiger partial charge in [-0.2, -0.15) is 0 Å². The lowest BCUT2D eigenvalue weighted by atomic mass is 9.89. The van der Waals surface area contributed by atoms with Crippen molar-refractivity contribution >= 4 is 5.97 Å². The van der Waals surface area contributed by atoms with Crippen LogP contribution in [-0.4, -0.2) is 35.7 Å². The number of nitrogens with zero attached hydrogens (tertiary/aromatic N) is 6. The van der Waals surface area contributed by atoms with Gasteiger partial charge in [-0.3, -0.25) is 4.79 Å². The Bertz CT molecular complexity index is 546. The molecule has 2 bridgehead atoms.